The van der Waals surface area contributed by atoms with Crippen LogP contribution in [0.3, 0.4) is 0 Å². The molecule has 1 saturated heterocycles. The summed E-state index contributed by atoms with van der Waals surface area (Å²) in [6.45, 7) is 0.0244. The molecule has 1 unspecified atom stereocenters. The summed E-state index contributed by atoms with van der Waals surface area (Å²) in [6.07, 6.45) is -3.31. The molecule has 0 bridgehead atoms. The molecule has 0 aromatic heterocycles. The monoisotopic (exact) mass is 206 g/mol. The number of nitriles is 1. The van der Waals surface area contributed by atoms with Gasteiger partial charge in [-0.25, -0.2) is 0 Å². The SMILES string of the molecule is N#CC1CCCCN1C(=O)C(F)(F)F. The van der Waals surface area contributed by atoms with Gasteiger partial charge in [-0.1, -0.05) is 0 Å². The van der Waals surface area contributed by atoms with E-state index in [0.717, 1.165) is 0 Å². The van der Waals surface area contributed by atoms with Crippen LogP contribution in [0.25, 0.3) is 0 Å². The normalized spacial score (nSPS) is 23.0. The zero-order valence-electron chi connectivity index (χ0n) is 7.34. The van der Waals surface area contributed by atoms with Gasteiger partial charge in [-0.05, 0) is 19.3 Å². The van der Waals surface area contributed by atoms with Gasteiger partial charge in [0, 0.05) is 6.54 Å². The van der Waals surface area contributed by atoms with E-state index >= 15 is 0 Å². The molecule has 0 aromatic rings. The molecule has 0 saturated carbocycles. The maximum atomic E-state index is 12.0. The molecule has 1 aliphatic rings. The first-order valence-corrected chi connectivity index (χ1v) is 4.24. The number of rotatable bonds is 0. The Kier molecular flexibility index (Phi) is 2.99. The maximum Gasteiger partial charge on any atom is 0.471 e. The fourth-order valence-corrected chi connectivity index (χ4v) is 1.47. The summed E-state index contributed by atoms with van der Waals surface area (Å²) in [5, 5.41) is 8.56. The van der Waals surface area contributed by atoms with Crippen LogP contribution < -0.4 is 0 Å². The Morgan fingerprint density at radius 3 is 2.57 bits per heavy atom. The molecule has 14 heavy (non-hydrogen) atoms. The van der Waals surface area contributed by atoms with Crippen molar-refractivity contribution in [2.75, 3.05) is 6.54 Å². The average molecular weight is 206 g/mol. The molecule has 0 aliphatic carbocycles. The molecule has 0 N–H and O–H groups in total. The number of carbonyl (C=O) groups is 1. The van der Waals surface area contributed by atoms with E-state index in [1.165, 1.54) is 0 Å². The van der Waals surface area contributed by atoms with E-state index in [2.05, 4.69) is 0 Å². The number of nitrogens with zero attached hydrogens (tertiary/aromatic N) is 2. The van der Waals surface area contributed by atoms with Crippen LogP contribution in [-0.2, 0) is 4.79 Å². The van der Waals surface area contributed by atoms with E-state index in [1.807, 2.05) is 0 Å². The lowest BCUT2D eigenvalue weighted by molar-refractivity contribution is -0.187. The molecular formula is C8H9F3N2O. The van der Waals surface area contributed by atoms with Gasteiger partial charge in [0.05, 0.1) is 6.07 Å². The summed E-state index contributed by atoms with van der Waals surface area (Å²) in [5.41, 5.74) is 0. The molecular weight excluding hydrogens is 197 g/mol. The number of hydrogen-bond donors (Lipinski definition) is 0. The number of alkyl halides is 3. The summed E-state index contributed by atoms with van der Waals surface area (Å²) < 4.78 is 36.1. The standard InChI is InChI=1S/C8H9F3N2O/c9-8(10,11)7(14)13-4-2-1-3-6(13)5-12/h6H,1-4H2. The Hall–Kier alpha value is -1.25. The smallest absolute Gasteiger partial charge is 0.319 e. The van der Waals surface area contributed by atoms with Gasteiger partial charge in [0.15, 0.2) is 0 Å². The van der Waals surface area contributed by atoms with E-state index in [9.17, 15) is 18.0 Å². The van der Waals surface area contributed by atoms with Crippen molar-refractivity contribution in [1.82, 2.24) is 4.90 Å². The number of halogens is 3. The predicted octanol–water partition coefficient (Wildman–Crippen LogP) is 1.45. The Labute approximate surface area is 79.1 Å². The van der Waals surface area contributed by atoms with Gasteiger partial charge >= 0.3 is 12.1 Å². The zero-order valence-corrected chi connectivity index (χ0v) is 7.34. The first-order chi connectivity index (χ1) is 6.46. The molecule has 1 aliphatic heterocycles. The van der Waals surface area contributed by atoms with Gasteiger partial charge in [-0.15, -0.1) is 0 Å². The van der Waals surface area contributed by atoms with Crippen LogP contribution in [0, 0.1) is 11.3 Å². The highest BCUT2D eigenvalue weighted by Gasteiger charge is 2.45. The number of piperidine rings is 1. The van der Waals surface area contributed by atoms with E-state index < -0.39 is 18.1 Å². The topological polar surface area (TPSA) is 44.1 Å². The highest BCUT2D eigenvalue weighted by Crippen LogP contribution is 2.24. The van der Waals surface area contributed by atoms with Crippen LogP contribution in [0.2, 0.25) is 0 Å². The predicted molar refractivity (Wildman–Crippen MR) is 41.0 cm³/mol. The number of likely N-dealkylation sites (tertiary alicyclic amines) is 1. The second-order valence-electron chi connectivity index (χ2n) is 3.14. The van der Waals surface area contributed by atoms with Crippen molar-refractivity contribution in [3.05, 3.63) is 0 Å². The summed E-state index contributed by atoms with van der Waals surface area (Å²) in [5.74, 6) is -1.90. The van der Waals surface area contributed by atoms with Crippen LogP contribution in [0.4, 0.5) is 13.2 Å². The van der Waals surface area contributed by atoms with Crippen LogP contribution in [0.1, 0.15) is 19.3 Å². The summed E-state index contributed by atoms with van der Waals surface area (Å²) in [7, 11) is 0. The molecule has 1 fully saturated rings. The van der Waals surface area contributed by atoms with Gasteiger partial charge < -0.3 is 4.90 Å². The number of hydrogen-bond acceptors (Lipinski definition) is 2. The number of amides is 1. The largest absolute Gasteiger partial charge is 0.471 e. The van der Waals surface area contributed by atoms with Gasteiger partial charge in [-0.2, -0.15) is 18.4 Å². The quantitative estimate of drug-likeness (QED) is 0.602. The van der Waals surface area contributed by atoms with Crippen molar-refractivity contribution in [2.24, 2.45) is 0 Å². The van der Waals surface area contributed by atoms with Crippen molar-refractivity contribution in [1.29, 1.82) is 5.26 Å². The van der Waals surface area contributed by atoms with Crippen LogP contribution in [-0.4, -0.2) is 29.6 Å². The van der Waals surface area contributed by atoms with E-state index in [4.69, 9.17) is 5.26 Å². The average Bonchev–Trinajstić information content (AvgIpc) is 2.15. The lowest BCUT2D eigenvalue weighted by atomic mass is 10.0. The third-order valence-corrected chi connectivity index (χ3v) is 2.16. The maximum absolute atomic E-state index is 12.0. The van der Waals surface area contributed by atoms with Gasteiger partial charge in [-0.3, -0.25) is 4.79 Å². The van der Waals surface area contributed by atoms with Crippen molar-refractivity contribution in [3.8, 4) is 6.07 Å². The molecule has 1 heterocycles. The van der Waals surface area contributed by atoms with E-state index in [0.29, 0.717) is 24.2 Å². The minimum atomic E-state index is -4.87. The van der Waals surface area contributed by atoms with Gasteiger partial charge in [0.2, 0.25) is 0 Å². The second-order valence-corrected chi connectivity index (χ2v) is 3.14. The summed E-state index contributed by atoms with van der Waals surface area (Å²) in [6, 6.07) is 0.793. The fourth-order valence-electron chi connectivity index (χ4n) is 1.47. The number of carbonyl (C=O) groups excluding carboxylic acids is 1. The zero-order chi connectivity index (χ0) is 10.8. The van der Waals surface area contributed by atoms with Gasteiger partial charge in [0.25, 0.3) is 0 Å². The van der Waals surface area contributed by atoms with Crippen molar-refractivity contribution < 1.29 is 18.0 Å². The van der Waals surface area contributed by atoms with Crippen LogP contribution >= 0.6 is 0 Å². The molecule has 0 radical (unpaired) electrons. The Morgan fingerprint density at radius 1 is 1.43 bits per heavy atom. The van der Waals surface area contributed by atoms with Crippen molar-refractivity contribution >= 4 is 5.91 Å². The Morgan fingerprint density at radius 2 is 2.07 bits per heavy atom. The molecule has 1 amide bonds. The van der Waals surface area contributed by atoms with Gasteiger partial charge in [0.1, 0.15) is 6.04 Å². The first-order valence-electron chi connectivity index (χ1n) is 4.24. The molecule has 78 valence electrons. The van der Waals surface area contributed by atoms with E-state index in [-0.39, 0.29) is 6.54 Å². The molecule has 0 aromatic carbocycles. The summed E-state index contributed by atoms with van der Waals surface area (Å²) >= 11 is 0. The van der Waals surface area contributed by atoms with Crippen LogP contribution in [0.5, 0.6) is 0 Å². The van der Waals surface area contributed by atoms with E-state index in [1.54, 1.807) is 6.07 Å². The molecule has 1 atom stereocenters. The molecule has 3 nitrogen and oxygen atoms in total. The Balaban J connectivity index is 2.75. The van der Waals surface area contributed by atoms with Crippen molar-refractivity contribution in [2.45, 2.75) is 31.5 Å². The molecule has 0 spiro atoms. The second kappa shape index (κ2) is 3.86. The highest BCUT2D eigenvalue weighted by molar-refractivity contribution is 5.82. The Bertz CT molecular complexity index is 269. The molecule has 6 heteroatoms. The fraction of sp³-hybridized carbons (Fsp3) is 0.750. The lowest BCUT2D eigenvalue weighted by Crippen LogP contribution is -2.48. The van der Waals surface area contributed by atoms with Crippen LogP contribution in [0.15, 0.2) is 0 Å². The first kappa shape index (κ1) is 10.8. The third kappa shape index (κ3) is 2.16. The molecule has 1 rings (SSSR count). The minimum Gasteiger partial charge on any atom is -0.319 e. The minimum absolute atomic E-state index is 0.0244. The summed E-state index contributed by atoms with van der Waals surface area (Å²) in [4.78, 5) is 11.5. The third-order valence-electron chi connectivity index (χ3n) is 2.16. The lowest BCUT2D eigenvalue weighted by Gasteiger charge is -2.31. The van der Waals surface area contributed by atoms with Crippen molar-refractivity contribution in [3.63, 3.8) is 0 Å². The highest BCUT2D eigenvalue weighted by atomic mass is 19.4.